The average molecular weight is 434 g/mol. The Morgan fingerprint density at radius 1 is 1.34 bits per heavy atom. The van der Waals surface area contributed by atoms with Gasteiger partial charge in [-0.1, -0.05) is 19.1 Å². The first-order chi connectivity index (χ1) is 13.3. The van der Waals surface area contributed by atoms with Gasteiger partial charge in [0.05, 0.1) is 11.5 Å². The fourth-order valence-corrected chi connectivity index (χ4v) is 4.01. The molecule has 9 heteroatoms. The Hall–Kier alpha value is -1.80. The molecule has 2 saturated heterocycles. The number of amides is 2. The molecule has 1 N–H and O–H groups in total. The van der Waals surface area contributed by atoms with Gasteiger partial charge in [0.15, 0.2) is 0 Å². The van der Waals surface area contributed by atoms with Gasteiger partial charge in [-0.05, 0) is 37.1 Å². The highest BCUT2D eigenvalue weighted by Gasteiger charge is 2.39. The van der Waals surface area contributed by atoms with Crippen molar-refractivity contribution in [2.24, 2.45) is 5.92 Å². The fraction of sp³-hybridized carbons (Fsp3) is 0.600. The lowest BCUT2D eigenvalue weighted by molar-refractivity contribution is -0.138. The predicted octanol–water partition coefficient (Wildman–Crippen LogP) is 3.08. The second kappa shape index (κ2) is 9.80. The second-order valence-electron chi connectivity index (χ2n) is 7.55. The van der Waals surface area contributed by atoms with E-state index in [1.54, 1.807) is 6.07 Å². The van der Waals surface area contributed by atoms with Crippen molar-refractivity contribution in [1.82, 2.24) is 15.1 Å². The molecular weight excluding hydrogens is 407 g/mol. The van der Waals surface area contributed by atoms with E-state index in [1.807, 2.05) is 11.8 Å². The van der Waals surface area contributed by atoms with Crippen molar-refractivity contribution in [2.75, 3.05) is 26.2 Å². The van der Waals surface area contributed by atoms with Crippen LogP contribution in [-0.2, 0) is 22.3 Å². The Balaban J connectivity index is 0.00000300. The van der Waals surface area contributed by atoms with E-state index in [4.69, 9.17) is 0 Å². The maximum Gasteiger partial charge on any atom is 0.416 e. The first-order valence-electron chi connectivity index (χ1n) is 9.74. The lowest BCUT2D eigenvalue weighted by Crippen LogP contribution is -2.45. The smallest absolute Gasteiger partial charge is 0.338 e. The quantitative estimate of drug-likeness (QED) is 0.750. The number of hydrogen-bond acceptors (Lipinski definition) is 3. The van der Waals surface area contributed by atoms with Crippen LogP contribution in [0.4, 0.5) is 13.2 Å². The summed E-state index contributed by atoms with van der Waals surface area (Å²) in [5, 5.41) is 3.26. The summed E-state index contributed by atoms with van der Waals surface area (Å²) in [6.07, 6.45) is -2.55. The number of benzene rings is 1. The van der Waals surface area contributed by atoms with Crippen LogP contribution in [-0.4, -0.2) is 53.8 Å². The molecule has 162 valence electrons. The summed E-state index contributed by atoms with van der Waals surface area (Å²) in [6, 6.07) is 5.15. The van der Waals surface area contributed by atoms with Gasteiger partial charge in [-0.3, -0.25) is 9.59 Å². The zero-order valence-corrected chi connectivity index (χ0v) is 17.2. The molecule has 0 radical (unpaired) electrons. The number of nitrogens with one attached hydrogen (secondary N) is 1. The van der Waals surface area contributed by atoms with Crippen LogP contribution in [0.3, 0.4) is 0 Å². The van der Waals surface area contributed by atoms with Gasteiger partial charge in [0.25, 0.3) is 0 Å². The number of halogens is 4. The molecular formula is C20H27ClF3N3O2. The van der Waals surface area contributed by atoms with Crippen molar-refractivity contribution >= 4 is 24.2 Å². The van der Waals surface area contributed by atoms with Crippen LogP contribution in [0.15, 0.2) is 24.3 Å². The van der Waals surface area contributed by atoms with Gasteiger partial charge in [0.1, 0.15) is 0 Å². The van der Waals surface area contributed by atoms with Crippen LogP contribution in [0.1, 0.15) is 37.3 Å². The Bertz CT molecular complexity index is 723. The van der Waals surface area contributed by atoms with Crippen molar-refractivity contribution in [3.8, 4) is 0 Å². The highest BCUT2D eigenvalue weighted by atomic mass is 35.5. The van der Waals surface area contributed by atoms with E-state index >= 15 is 0 Å². The van der Waals surface area contributed by atoms with E-state index in [9.17, 15) is 22.8 Å². The number of nitrogens with zero attached hydrogens (tertiary/aromatic N) is 2. The number of hydrogen-bond donors (Lipinski definition) is 1. The molecule has 5 nitrogen and oxygen atoms in total. The van der Waals surface area contributed by atoms with E-state index in [-0.39, 0.29) is 49.8 Å². The number of carbonyl (C=O) groups excluding carboxylic acids is 2. The molecule has 3 rings (SSSR count). The van der Waals surface area contributed by atoms with Crippen molar-refractivity contribution in [3.63, 3.8) is 0 Å². The minimum Gasteiger partial charge on any atom is -0.338 e. The molecule has 0 saturated carbocycles. The Kier molecular flexibility index (Phi) is 7.94. The number of alkyl halides is 3. The first-order valence-corrected chi connectivity index (χ1v) is 9.74. The van der Waals surface area contributed by atoms with Gasteiger partial charge in [-0.15, -0.1) is 12.4 Å². The molecule has 2 aliphatic heterocycles. The summed E-state index contributed by atoms with van der Waals surface area (Å²) >= 11 is 0. The van der Waals surface area contributed by atoms with E-state index < -0.39 is 17.7 Å². The molecule has 0 aromatic heterocycles. The van der Waals surface area contributed by atoms with Crippen molar-refractivity contribution in [2.45, 2.75) is 44.9 Å². The highest BCUT2D eigenvalue weighted by Crippen LogP contribution is 2.30. The predicted molar refractivity (Wildman–Crippen MR) is 105 cm³/mol. The Labute approximate surface area is 175 Å². The summed E-state index contributed by atoms with van der Waals surface area (Å²) in [4.78, 5) is 28.8. The van der Waals surface area contributed by atoms with Crippen LogP contribution >= 0.6 is 12.4 Å². The third-order valence-electron chi connectivity index (χ3n) is 5.41. The van der Waals surface area contributed by atoms with Crippen LogP contribution in [0.25, 0.3) is 0 Å². The molecule has 1 aromatic rings. The molecule has 2 atom stereocenters. The summed E-state index contributed by atoms with van der Waals surface area (Å²) in [7, 11) is 0. The minimum atomic E-state index is -4.42. The zero-order chi connectivity index (χ0) is 20.3. The van der Waals surface area contributed by atoms with Crippen LogP contribution in [0.5, 0.6) is 0 Å². The lowest BCUT2D eigenvalue weighted by Gasteiger charge is -2.30. The summed E-state index contributed by atoms with van der Waals surface area (Å²) in [5.74, 6) is -0.627. The largest absolute Gasteiger partial charge is 0.416 e. The average Bonchev–Trinajstić information content (AvgIpc) is 3.29. The van der Waals surface area contributed by atoms with E-state index in [0.717, 1.165) is 38.1 Å². The van der Waals surface area contributed by atoms with Crippen molar-refractivity contribution in [1.29, 1.82) is 0 Å². The lowest BCUT2D eigenvalue weighted by atomic mass is 10.0. The summed E-state index contributed by atoms with van der Waals surface area (Å²) < 4.78 is 38.7. The second-order valence-corrected chi connectivity index (χ2v) is 7.55. The number of carbonyl (C=O) groups is 2. The zero-order valence-electron chi connectivity index (χ0n) is 16.4. The summed E-state index contributed by atoms with van der Waals surface area (Å²) in [5.41, 5.74) is -0.311. The molecule has 0 spiro atoms. The molecule has 2 amide bonds. The van der Waals surface area contributed by atoms with Gasteiger partial charge < -0.3 is 15.1 Å². The van der Waals surface area contributed by atoms with Gasteiger partial charge in [0.2, 0.25) is 11.8 Å². The van der Waals surface area contributed by atoms with Gasteiger partial charge in [-0.2, -0.15) is 13.2 Å². The Morgan fingerprint density at radius 3 is 2.72 bits per heavy atom. The molecule has 2 fully saturated rings. The topological polar surface area (TPSA) is 52.7 Å². The SMILES string of the molecule is CCCN(C(=O)C1CC(=O)N(Cc2cccc(C(F)(F)F)c2)C1)C1CCNC1.Cl. The van der Waals surface area contributed by atoms with Crippen LogP contribution in [0, 0.1) is 5.92 Å². The van der Waals surface area contributed by atoms with Gasteiger partial charge in [0, 0.05) is 38.6 Å². The van der Waals surface area contributed by atoms with Crippen LogP contribution in [0.2, 0.25) is 0 Å². The molecule has 2 aliphatic rings. The summed E-state index contributed by atoms with van der Waals surface area (Å²) in [6.45, 7) is 4.66. The monoisotopic (exact) mass is 433 g/mol. The molecule has 2 heterocycles. The van der Waals surface area contributed by atoms with Crippen LogP contribution < -0.4 is 5.32 Å². The Morgan fingerprint density at radius 2 is 2.10 bits per heavy atom. The maximum absolute atomic E-state index is 13.0. The molecule has 0 bridgehead atoms. The standard InChI is InChI=1S/C20H26F3N3O2.ClH/c1-2-8-26(17-6-7-24-11-17)19(28)15-10-18(27)25(13-15)12-14-4-3-5-16(9-14)20(21,22)23;/h3-5,9,15,17,24H,2,6-8,10-13H2,1H3;1H. The van der Waals surface area contributed by atoms with Gasteiger partial charge in [-0.25, -0.2) is 0 Å². The highest BCUT2D eigenvalue weighted by molar-refractivity contribution is 5.89. The van der Waals surface area contributed by atoms with Crippen molar-refractivity contribution in [3.05, 3.63) is 35.4 Å². The third kappa shape index (κ3) is 5.63. The normalized spacial score (nSPS) is 21.9. The van der Waals surface area contributed by atoms with E-state index in [2.05, 4.69) is 5.32 Å². The van der Waals surface area contributed by atoms with E-state index in [0.29, 0.717) is 12.1 Å². The number of likely N-dealkylation sites (tertiary alicyclic amines) is 1. The third-order valence-corrected chi connectivity index (χ3v) is 5.41. The molecule has 1 aromatic carbocycles. The fourth-order valence-electron chi connectivity index (χ4n) is 4.01. The van der Waals surface area contributed by atoms with E-state index in [1.165, 1.54) is 11.0 Å². The molecule has 0 aliphatic carbocycles. The minimum absolute atomic E-state index is 0. The van der Waals surface area contributed by atoms with Crippen molar-refractivity contribution < 1.29 is 22.8 Å². The maximum atomic E-state index is 13.0. The van der Waals surface area contributed by atoms with Gasteiger partial charge >= 0.3 is 6.18 Å². The molecule has 29 heavy (non-hydrogen) atoms. The number of rotatable bonds is 6. The first kappa shape index (κ1) is 23.5. The molecule has 2 unspecified atom stereocenters.